The van der Waals surface area contributed by atoms with Gasteiger partial charge < -0.3 is 4.57 Å². The molecule has 6 aromatic rings. The van der Waals surface area contributed by atoms with Gasteiger partial charge in [-0.3, -0.25) is 13.9 Å². The predicted molar refractivity (Wildman–Crippen MR) is 172 cm³/mol. The predicted octanol–water partition coefficient (Wildman–Crippen LogP) is 5.62. The van der Waals surface area contributed by atoms with E-state index >= 15 is 0 Å². The summed E-state index contributed by atoms with van der Waals surface area (Å²) in [4.78, 5) is 33.1. The van der Waals surface area contributed by atoms with Crippen molar-refractivity contribution in [3.05, 3.63) is 117 Å². The van der Waals surface area contributed by atoms with Crippen LogP contribution in [0.3, 0.4) is 0 Å². The number of unbranched alkanes of at least 4 members (excludes halogenated alkanes) is 1. The summed E-state index contributed by atoms with van der Waals surface area (Å²) in [5.41, 5.74) is 5.14. The molecule has 6 rings (SSSR count). The Balaban J connectivity index is 1.46. The van der Waals surface area contributed by atoms with Crippen LogP contribution in [0.5, 0.6) is 0 Å². The molecule has 10 heteroatoms. The number of H-pyrrole nitrogens is 1. The number of nitrogens with zero attached hydrogens (tertiary/aromatic N) is 7. The second kappa shape index (κ2) is 12.6. The molecule has 3 heterocycles. The van der Waals surface area contributed by atoms with Crippen molar-refractivity contribution in [3.8, 4) is 22.5 Å². The fourth-order valence-electron chi connectivity index (χ4n) is 5.83. The van der Waals surface area contributed by atoms with Gasteiger partial charge in [0.25, 0.3) is 5.56 Å². The molecule has 1 unspecified atom stereocenters. The van der Waals surface area contributed by atoms with Crippen LogP contribution in [0.25, 0.3) is 33.7 Å². The van der Waals surface area contributed by atoms with Gasteiger partial charge in [0.15, 0.2) is 11.2 Å². The zero-order valence-electron chi connectivity index (χ0n) is 25.3. The van der Waals surface area contributed by atoms with E-state index in [4.69, 9.17) is 4.98 Å². The zero-order chi connectivity index (χ0) is 30.6. The summed E-state index contributed by atoms with van der Waals surface area (Å²) in [7, 11) is 0. The highest BCUT2D eigenvalue weighted by Crippen LogP contribution is 2.30. The Kier molecular flexibility index (Phi) is 8.31. The van der Waals surface area contributed by atoms with E-state index in [1.807, 2.05) is 73.0 Å². The quantitative estimate of drug-likeness (QED) is 0.210. The molecule has 0 aliphatic heterocycles. The van der Waals surface area contributed by atoms with Gasteiger partial charge in [-0.15, -0.1) is 10.2 Å². The van der Waals surface area contributed by atoms with Crippen molar-refractivity contribution in [2.75, 3.05) is 0 Å². The molecule has 0 saturated carbocycles. The van der Waals surface area contributed by atoms with Crippen molar-refractivity contribution in [2.45, 2.75) is 65.6 Å². The average molecular weight is 589 g/mol. The molecule has 0 amide bonds. The number of fused-ring (bicyclic) bond motifs is 1. The number of benzene rings is 3. The molecule has 1 N–H and O–H groups in total. The summed E-state index contributed by atoms with van der Waals surface area (Å²) in [6, 6.07) is 25.5. The zero-order valence-corrected chi connectivity index (χ0v) is 25.3. The molecule has 0 spiro atoms. The van der Waals surface area contributed by atoms with E-state index in [2.05, 4.69) is 51.8 Å². The van der Waals surface area contributed by atoms with E-state index in [0.29, 0.717) is 30.1 Å². The van der Waals surface area contributed by atoms with Gasteiger partial charge in [0, 0.05) is 25.1 Å². The molecule has 224 valence electrons. The smallest absolute Gasteiger partial charge is 0.318 e. The Morgan fingerprint density at radius 1 is 0.841 bits per heavy atom. The van der Waals surface area contributed by atoms with Crippen LogP contribution in [0.2, 0.25) is 0 Å². The fraction of sp³-hybridized carbons (Fsp3) is 0.294. The van der Waals surface area contributed by atoms with Gasteiger partial charge in [0.2, 0.25) is 5.82 Å². The lowest BCUT2D eigenvalue weighted by Crippen LogP contribution is -2.42. The normalized spacial score (nSPS) is 12.2. The summed E-state index contributed by atoms with van der Waals surface area (Å²) >= 11 is 0. The summed E-state index contributed by atoms with van der Waals surface area (Å²) < 4.78 is 5.10. The molecule has 10 nitrogen and oxygen atoms in total. The number of aryl methyl sites for hydroxylation is 2. The Morgan fingerprint density at radius 3 is 2.25 bits per heavy atom. The number of nitrogens with one attached hydrogen (secondary N) is 1. The van der Waals surface area contributed by atoms with Gasteiger partial charge in [-0.05, 0) is 47.2 Å². The summed E-state index contributed by atoms with van der Waals surface area (Å²) in [6.45, 7) is 7.02. The van der Waals surface area contributed by atoms with E-state index in [1.165, 1.54) is 4.57 Å². The van der Waals surface area contributed by atoms with Crippen molar-refractivity contribution >= 4 is 11.2 Å². The minimum Gasteiger partial charge on any atom is -0.318 e. The Bertz CT molecular complexity index is 1990. The number of aromatic amines is 1. The lowest BCUT2D eigenvalue weighted by molar-refractivity contribution is 0.530. The highest BCUT2D eigenvalue weighted by Gasteiger charge is 2.24. The van der Waals surface area contributed by atoms with Crippen LogP contribution in [0.15, 0.2) is 88.5 Å². The maximum Gasteiger partial charge on any atom is 0.333 e. The standard InChI is InChI=1S/C34H36N8O2/c1-4-6-16-29-35-32-30(33(43)42(34(44)40(32)21-5-2)23(3)25-12-8-7-9-13-25)41(29)22-24-17-19-26(20-18-24)27-14-10-11-15-28(27)31-36-38-39-37-31/h7-15,17-20,23H,4-6,16,21-22H2,1-3H3,(H,36,37,38,39). The lowest BCUT2D eigenvalue weighted by atomic mass is 9.98. The average Bonchev–Trinajstić information content (AvgIpc) is 3.72. The van der Waals surface area contributed by atoms with Crippen LogP contribution in [-0.2, 0) is 19.5 Å². The molecule has 3 aromatic carbocycles. The van der Waals surface area contributed by atoms with Gasteiger partial charge in [0.1, 0.15) is 5.82 Å². The lowest BCUT2D eigenvalue weighted by Gasteiger charge is -2.18. The van der Waals surface area contributed by atoms with Crippen molar-refractivity contribution in [1.29, 1.82) is 0 Å². The molecule has 0 saturated heterocycles. The highest BCUT2D eigenvalue weighted by atomic mass is 16.2. The summed E-state index contributed by atoms with van der Waals surface area (Å²) in [5, 5.41) is 14.6. The second-order valence-corrected chi connectivity index (χ2v) is 11.1. The van der Waals surface area contributed by atoms with Crippen molar-refractivity contribution in [1.82, 2.24) is 39.3 Å². The minimum atomic E-state index is -0.426. The first-order valence-corrected chi connectivity index (χ1v) is 15.2. The van der Waals surface area contributed by atoms with Crippen LogP contribution in [0, 0.1) is 0 Å². The van der Waals surface area contributed by atoms with Crippen LogP contribution in [0.1, 0.15) is 63.0 Å². The maximum absolute atomic E-state index is 14.3. The number of imidazole rings is 1. The van der Waals surface area contributed by atoms with E-state index in [9.17, 15) is 9.59 Å². The monoisotopic (exact) mass is 588 g/mol. The largest absolute Gasteiger partial charge is 0.333 e. The van der Waals surface area contributed by atoms with Crippen LogP contribution >= 0.6 is 0 Å². The Morgan fingerprint density at radius 2 is 1.57 bits per heavy atom. The summed E-state index contributed by atoms with van der Waals surface area (Å²) in [5.74, 6) is 1.36. The van der Waals surface area contributed by atoms with Crippen LogP contribution in [-0.4, -0.2) is 39.3 Å². The number of hydrogen-bond donors (Lipinski definition) is 1. The number of tetrazole rings is 1. The van der Waals surface area contributed by atoms with Gasteiger partial charge in [-0.1, -0.05) is 99.1 Å². The molecule has 1 atom stereocenters. The third-order valence-corrected chi connectivity index (χ3v) is 8.13. The van der Waals surface area contributed by atoms with E-state index in [1.54, 1.807) is 4.57 Å². The molecular weight excluding hydrogens is 552 g/mol. The van der Waals surface area contributed by atoms with E-state index in [0.717, 1.165) is 59.3 Å². The van der Waals surface area contributed by atoms with Crippen LogP contribution in [0.4, 0.5) is 0 Å². The first-order chi connectivity index (χ1) is 21.5. The molecule has 3 aromatic heterocycles. The molecule has 44 heavy (non-hydrogen) atoms. The topological polar surface area (TPSA) is 116 Å². The van der Waals surface area contributed by atoms with Gasteiger partial charge in [-0.2, -0.15) is 5.21 Å². The highest BCUT2D eigenvalue weighted by molar-refractivity contribution is 5.80. The first kappa shape index (κ1) is 29.0. The Labute approximate surface area is 255 Å². The van der Waals surface area contributed by atoms with Crippen molar-refractivity contribution < 1.29 is 0 Å². The number of aromatic nitrogens is 8. The van der Waals surface area contributed by atoms with Gasteiger partial charge in [-0.25, -0.2) is 9.78 Å². The van der Waals surface area contributed by atoms with Gasteiger partial charge >= 0.3 is 5.69 Å². The number of hydrogen-bond acceptors (Lipinski definition) is 6. The van der Waals surface area contributed by atoms with E-state index < -0.39 is 6.04 Å². The molecule has 0 aliphatic carbocycles. The molecule has 0 bridgehead atoms. The fourth-order valence-corrected chi connectivity index (χ4v) is 5.83. The third-order valence-electron chi connectivity index (χ3n) is 8.13. The molecule has 0 radical (unpaired) electrons. The van der Waals surface area contributed by atoms with Crippen molar-refractivity contribution in [2.24, 2.45) is 0 Å². The summed E-state index contributed by atoms with van der Waals surface area (Å²) in [6.07, 6.45) is 3.39. The van der Waals surface area contributed by atoms with Crippen LogP contribution < -0.4 is 11.2 Å². The van der Waals surface area contributed by atoms with E-state index in [-0.39, 0.29) is 11.2 Å². The maximum atomic E-state index is 14.3. The number of rotatable bonds is 11. The molecule has 0 aliphatic rings. The van der Waals surface area contributed by atoms with Crippen molar-refractivity contribution in [3.63, 3.8) is 0 Å². The Hall–Kier alpha value is -5.12. The molecule has 0 fully saturated rings. The first-order valence-electron chi connectivity index (χ1n) is 15.2. The van der Waals surface area contributed by atoms with Gasteiger partial charge in [0.05, 0.1) is 6.04 Å². The third kappa shape index (κ3) is 5.39. The second-order valence-electron chi connectivity index (χ2n) is 11.1. The minimum absolute atomic E-state index is 0.311. The molecular formula is C34H36N8O2. The SMILES string of the molecule is CCCCc1nc2c(c(=O)n(C(C)c3ccccc3)c(=O)n2CCC)n1Cc1ccc(-c2ccccc2-c2nn[nH]n2)cc1.